The highest BCUT2D eigenvalue weighted by Gasteiger charge is 2.24. The van der Waals surface area contributed by atoms with Gasteiger partial charge in [-0.15, -0.1) is 0 Å². The molecule has 92 valence electrons. The Kier molecular flexibility index (Phi) is 3.46. The minimum absolute atomic E-state index is 0.0793. The van der Waals surface area contributed by atoms with Crippen LogP contribution in [0.2, 0.25) is 0 Å². The average molecular weight is 235 g/mol. The number of halogens is 1. The number of carbonyl (C=O) groups excluding carboxylic acids is 1. The first-order chi connectivity index (χ1) is 8.11. The molecular formula is C14H18FNO. The van der Waals surface area contributed by atoms with Gasteiger partial charge >= 0.3 is 0 Å². The Morgan fingerprint density at radius 2 is 2.00 bits per heavy atom. The van der Waals surface area contributed by atoms with Crippen molar-refractivity contribution in [2.75, 3.05) is 11.9 Å². The SMILES string of the molecule is CC(=O)c1cccc(F)c1N(C)C1CCCC1. The number of carbonyl (C=O) groups is 1. The zero-order valence-electron chi connectivity index (χ0n) is 10.4. The number of para-hydroxylation sites is 1. The summed E-state index contributed by atoms with van der Waals surface area (Å²) >= 11 is 0. The highest BCUT2D eigenvalue weighted by atomic mass is 19.1. The van der Waals surface area contributed by atoms with Gasteiger partial charge in [0.05, 0.1) is 5.69 Å². The van der Waals surface area contributed by atoms with E-state index in [1.165, 1.54) is 25.8 Å². The molecule has 0 aliphatic heterocycles. The smallest absolute Gasteiger partial charge is 0.161 e. The third kappa shape index (κ3) is 2.33. The van der Waals surface area contributed by atoms with Crippen molar-refractivity contribution in [1.29, 1.82) is 0 Å². The lowest BCUT2D eigenvalue weighted by Crippen LogP contribution is -2.31. The van der Waals surface area contributed by atoms with Gasteiger partial charge in [0.1, 0.15) is 5.82 Å². The molecule has 1 aliphatic rings. The fourth-order valence-corrected chi connectivity index (χ4v) is 2.63. The fraction of sp³-hybridized carbons (Fsp3) is 0.500. The Morgan fingerprint density at radius 3 is 2.59 bits per heavy atom. The van der Waals surface area contributed by atoms with E-state index in [0.29, 0.717) is 17.3 Å². The van der Waals surface area contributed by atoms with E-state index in [9.17, 15) is 9.18 Å². The van der Waals surface area contributed by atoms with E-state index in [2.05, 4.69) is 0 Å². The van der Waals surface area contributed by atoms with E-state index in [-0.39, 0.29) is 11.6 Å². The quantitative estimate of drug-likeness (QED) is 0.748. The molecule has 0 radical (unpaired) electrons. The summed E-state index contributed by atoms with van der Waals surface area (Å²) in [5.41, 5.74) is 0.950. The van der Waals surface area contributed by atoms with Gasteiger partial charge in [0.2, 0.25) is 0 Å². The molecule has 0 atom stereocenters. The van der Waals surface area contributed by atoms with Gasteiger partial charge in [-0.2, -0.15) is 0 Å². The van der Waals surface area contributed by atoms with Crippen LogP contribution in [0.15, 0.2) is 18.2 Å². The van der Waals surface area contributed by atoms with Crippen LogP contribution in [0.1, 0.15) is 43.0 Å². The summed E-state index contributed by atoms with van der Waals surface area (Å²) in [5.74, 6) is -0.378. The van der Waals surface area contributed by atoms with E-state index in [4.69, 9.17) is 0 Å². The number of hydrogen-bond acceptors (Lipinski definition) is 2. The van der Waals surface area contributed by atoms with Gasteiger partial charge in [0.25, 0.3) is 0 Å². The molecule has 0 spiro atoms. The summed E-state index contributed by atoms with van der Waals surface area (Å²) < 4.78 is 13.9. The first-order valence-electron chi connectivity index (χ1n) is 6.13. The number of ketones is 1. The van der Waals surface area contributed by atoms with Crippen molar-refractivity contribution >= 4 is 11.5 Å². The predicted molar refractivity (Wildman–Crippen MR) is 67.1 cm³/mol. The van der Waals surface area contributed by atoms with Crippen molar-refractivity contribution in [2.45, 2.75) is 38.6 Å². The maximum Gasteiger partial charge on any atom is 0.161 e. The Bertz CT molecular complexity index is 424. The van der Waals surface area contributed by atoms with E-state index in [1.54, 1.807) is 12.1 Å². The van der Waals surface area contributed by atoms with Crippen LogP contribution < -0.4 is 4.90 Å². The maximum atomic E-state index is 13.9. The summed E-state index contributed by atoms with van der Waals surface area (Å²) in [6.45, 7) is 1.49. The molecular weight excluding hydrogens is 217 g/mol. The van der Waals surface area contributed by atoms with Crippen LogP contribution in [0.3, 0.4) is 0 Å². The van der Waals surface area contributed by atoms with E-state index in [0.717, 1.165) is 12.8 Å². The monoisotopic (exact) mass is 235 g/mol. The third-order valence-corrected chi connectivity index (χ3v) is 3.59. The minimum Gasteiger partial charge on any atom is -0.369 e. The van der Waals surface area contributed by atoms with Crippen LogP contribution in [0, 0.1) is 5.82 Å². The zero-order valence-corrected chi connectivity index (χ0v) is 10.4. The summed E-state index contributed by atoms with van der Waals surface area (Å²) in [7, 11) is 1.89. The van der Waals surface area contributed by atoms with Crippen LogP contribution in [-0.2, 0) is 0 Å². The van der Waals surface area contributed by atoms with Crippen molar-refractivity contribution in [3.63, 3.8) is 0 Å². The number of anilines is 1. The largest absolute Gasteiger partial charge is 0.369 e. The molecule has 1 aromatic carbocycles. The number of hydrogen-bond donors (Lipinski definition) is 0. The average Bonchev–Trinajstić information content (AvgIpc) is 2.81. The van der Waals surface area contributed by atoms with Crippen LogP contribution >= 0.6 is 0 Å². The molecule has 1 aliphatic carbocycles. The lowest BCUT2D eigenvalue weighted by Gasteiger charge is -2.28. The van der Waals surface area contributed by atoms with Gasteiger partial charge < -0.3 is 4.90 Å². The summed E-state index contributed by atoms with van der Waals surface area (Å²) in [6, 6.07) is 5.09. The normalized spacial score (nSPS) is 16.2. The molecule has 0 aromatic heterocycles. The molecule has 2 nitrogen and oxygen atoms in total. The van der Waals surface area contributed by atoms with E-state index < -0.39 is 0 Å². The molecule has 1 aromatic rings. The van der Waals surface area contributed by atoms with Gasteiger partial charge in [-0.3, -0.25) is 4.79 Å². The molecule has 0 heterocycles. The molecule has 3 heteroatoms. The number of benzene rings is 1. The van der Waals surface area contributed by atoms with Crippen molar-refractivity contribution in [1.82, 2.24) is 0 Å². The van der Waals surface area contributed by atoms with Gasteiger partial charge in [-0.05, 0) is 31.9 Å². The highest BCUT2D eigenvalue weighted by Crippen LogP contribution is 2.31. The van der Waals surface area contributed by atoms with E-state index >= 15 is 0 Å². The fourth-order valence-electron chi connectivity index (χ4n) is 2.63. The lowest BCUT2D eigenvalue weighted by atomic mass is 10.1. The summed E-state index contributed by atoms with van der Waals surface area (Å²) in [5, 5.41) is 0. The molecule has 2 rings (SSSR count). The molecule has 0 N–H and O–H groups in total. The van der Waals surface area contributed by atoms with Gasteiger partial charge in [-0.25, -0.2) is 4.39 Å². The number of rotatable bonds is 3. The predicted octanol–water partition coefficient (Wildman–Crippen LogP) is 3.41. The van der Waals surface area contributed by atoms with Crippen LogP contribution in [0.25, 0.3) is 0 Å². The van der Waals surface area contributed by atoms with Crippen LogP contribution in [0.5, 0.6) is 0 Å². The van der Waals surface area contributed by atoms with Crippen molar-refractivity contribution in [3.8, 4) is 0 Å². The van der Waals surface area contributed by atoms with Gasteiger partial charge in [-0.1, -0.05) is 18.9 Å². The molecule has 0 saturated heterocycles. The standard InChI is InChI=1S/C14H18FNO/c1-10(17)12-8-5-9-13(15)14(12)16(2)11-6-3-4-7-11/h5,8-9,11H,3-4,6-7H2,1-2H3. The first kappa shape index (κ1) is 12.1. The summed E-state index contributed by atoms with van der Waals surface area (Å²) in [4.78, 5) is 13.5. The molecule has 0 bridgehead atoms. The zero-order chi connectivity index (χ0) is 12.4. The van der Waals surface area contributed by atoms with Gasteiger partial charge in [0.15, 0.2) is 5.78 Å². The minimum atomic E-state index is -0.299. The number of Topliss-reactive ketones (excluding diaryl/α,β-unsaturated/α-hetero) is 1. The Balaban J connectivity index is 2.38. The van der Waals surface area contributed by atoms with Crippen molar-refractivity contribution < 1.29 is 9.18 Å². The maximum absolute atomic E-state index is 13.9. The summed E-state index contributed by atoms with van der Waals surface area (Å²) in [6.07, 6.45) is 4.56. The van der Waals surface area contributed by atoms with Gasteiger partial charge in [0, 0.05) is 18.7 Å². The second-order valence-corrected chi connectivity index (χ2v) is 4.74. The Hall–Kier alpha value is -1.38. The topological polar surface area (TPSA) is 20.3 Å². The lowest BCUT2D eigenvalue weighted by molar-refractivity contribution is 0.101. The molecule has 0 unspecified atom stereocenters. The second kappa shape index (κ2) is 4.86. The van der Waals surface area contributed by atoms with Crippen molar-refractivity contribution in [3.05, 3.63) is 29.6 Å². The third-order valence-electron chi connectivity index (χ3n) is 3.59. The Morgan fingerprint density at radius 1 is 1.35 bits per heavy atom. The highest BCUT2D eigenvalue weighted by molar-refractivity contribution is 5.99. The first-order valence-corrected chi connectivity index (χ1v) is 6.13. The Labute approximate surface area is 101 Å². The second-order valence-electron chi connectivity index (χ2n) is 4.74. The van der Waals surface area contributed by atoms with Crippen LogP contribution in [0.4, 0.5) is 10.1 Å². The molecule has 1 saturated carbocycles. The van der Waals surface area contributed by atoms with Crippen molar-refractivity contribution in [2.24, 2.45) is 0 Å². The molecule has 17 heavy (non-hydrogen) atoms. The molecule has 0 amide bonds. The number of nitrogens with zero attached hydrogens (tertiary/aromatic N) is 1. The van der Waals surface area contributed by atoms with E-state index in [1.807, 2.05) is 11.9 Å². The van der Waals surface area contributed by atoms with Crippen LogP contribution in [-0.4, -0.2) is 18.9 Å². The molecule has 1 fully saturated rings.